The second-order valence-corrected chi connectivity index (χ2v) is 12.8. The third kappa shape index (κ3) is 4.06. The van der Waals surface area contributed by atoms with Gasteiger partial charge in [-0.3, -0.25) is 0 Å². The normalized spacial score (nSPS) is 11.1. The van der Waals surface area contributed by atoms with Crippen molar-refractivity contribution in [3.05, 3.63) is 132 Å². The third-order valence-electron chi connectivity index (χ3n) is 8.20. The molecule has 5 heteroatoms. The fourth-order valence-electron chi connectivity index (χ4n) is 6.16. The summed E-state index contributed by atoms with van der Waals surface area (Å²) >= 11 is 3.45. The Morgan fingerprint density at radius 2 is 0.909 bits per heavy atom. The number of benzene rings is 6. The molecule has 0 saturated carbocycles. The molecular weight excluding hydrogens is 575 g/mol. The van der Waals surface area contributed by atoms with Crippen LogP contribution in [0.3, 0.4) is 0 Å². The average Bonchev–Trinajstić information content (AvgIpc) is 3.64. The number of rotatable bonds is 3. The maximum absolute atomic E-state index is 10.1. The van der Waals surface area contributed by atoms with Gasteiger partial charge in [0, 0.05) is 45.9 Å². The molecule has 0 fully saturated rings. The third-order valence-corrected chi connectivity index (χ3v) is 10.5. The summed E-state index contributed by atoms with van der Waals surface area (Å²) in [6.45, 7) is 0. The largest absolute Gasteiger partial charge is 0.192 e. The molecule has 202 valence electrons. The highest BCUT2D eigenvalue weighted by Gasteiger charge is 2.19. The Bertz CT molecular complexity index is 2600. The summed E-state index contributed by atoms with van der Waals surface area (Å²) in [6.07, 6.45) is 0. The molecule has 2 aromatic heterocycles. The highest BCUT2D eigenvalue weighted by molar-refractivity contribution is 7.26. The van der Waals surface area contributed by atoms with Gasteiger partial charge in [0.1, 0.15) is 0 Å². The van der Waals surface area contributed by atoms with Crippen LogP contribution in [0.1, 0.15) is 16.7 Å². The van der Waals surface area contributed by atoms with Crippen LogP contribution in [-0.4, -0.2) is 0 Å². The molecule has 8 aromatic rings. The van der Waals surface area contributed by atoms with Crippen LogP contribution >= 0.6 is 22.7 Å². The second-order valence-electron chi connectivity index (χ2n) is 10.7. The smallest absolute Gasteiger partial charge is 0.0998 e. The van der Waals surface area contributed by atoms with Gasteiger partial charge in [0.15, 0.2) is 0 Å². The van der Waals surface area contributed by atoms with Gasteiger partial charge in [0.05, 0.1) is 34.9 Å². The van der Waals surface area contributed by atoms with Crippen LogP contribution in [0.5, 0.6) is 0 Å². The zero-order valence-corrected chi connectivity index (χ0v) is 24.8. The van der Waals surface area contributed by atoms with E-state index in [0.717, 1.165) is 69.0 Å². The maximum Gasteiger partial charge on any atom is 0.0998 e. The molecule has 0 bridgehead atoms. The van der Waals surface area contributed by atoms with Crippen molar-refractivity contribution in [3.63, 3.8) is 0 Å². The van der Waals surface area contributed by atoms with E-state index in [2.05, 4.69) is 72.8 Å². The Labute approximate surface area is 261 Å². The zero-order valence-electron chi connectivity index (χ0n) is 23.1. The first-order valence-corrected chi connectivity index (χ1v) is 15.6. The number of nitriles is 3. The van der Waals surface area contributed by atoms with Gasteiger partial charge >= 0.3 is 0 Å². The first-order chi connectivity index (χ1) is 21.6. The summed E-state index contributed by atoms with van der Waals surface area (Å²) in [7, 11) is 0. The molecule has 0 spiro atoms. The number of fused-ring (bicyclic) bond motifs is 6. The summed E-state index contributed by atoms with van der Waals surface area (Å²) in [5.74, 6) is 0. The first-order valence-electron chi connectivity index (χ1n) is 14.0. The lowest BCUT2D eigenvalue weighted by atomic mass is 9.85. The van der Waals surface area contributed by atoms with Crippen LogP contribution in [0.2, 0.25) is 0 Å². The average molecular weight is 594 g/mol. The SMILES string of the molecule is N#Cc1ccc2sc3ccc(-c4cccc(-c5ccccc5C#N)c4-c4ccc5sc6ccc(C#N)cc6c5c4)cc3c2c1. The standard InChI is InChI=1S/C39H19N3S2/c40-20-23-8-12-35-31(16-23)33-18-25(10-14-37(33)43-35)29-6-3-7-30(28-5-2-1-4-27(28)22-42)39(29)26-11-15-38-34(19-26)32-17-24(21-41)9-13-36(32)44-38/h1-19H. The Balaban J connectivity index is 1.44. The Morgan fingerprint density at radius 3 is 1.52 bits per heavy atom. The van der Waals surface area contributed by atoms with Gasteiger partial charge in [-0.1, -0.05) is 48.5 Å². The Morgan fingerprint density at radius 1 is 0.409 bits per heavy atom. The fraction of sp³-hybridized carbons (Fsp3) is 0. The molecule has 2 heterocycles. The molecule has 0 aliphatic carbocycles. The van der Waals surface area contributed by atoms with Crippen molar-refractivity contribution in [2.45, 2.75) is 0 Å². The zero-order chi connectivity index (χ0) is 29.8. The van der Waals surface area contributed by atoms with E-state index in [-0.39, 0.29) is 0 Å². The molecular formula is C39H19N3S2. The number of thiophene rings is 2. The first kappa shape index (κ1) is 25.9. The number of nitrogens with zero attached hydrogens (tertiary/aromatic N) is 3. The van der Waals surface area contributed by atoms with E-state index in [1.165, 1.54) is 4.70 Å². The minimum Gasteiger partial charge on any atom is -0.192 e. The molecule has 44 heavy (non-hydrogen) atoms. The van der Waals surface area contributed by atoms with Crippen LogP contribution in [0, 0.1) is 34.0 Å². The quantitative estimate of drug-likeness (QED) is 0.205. The van der Waals surface area contributed by atoms with Gasteiger partial charge in [0.2, 0.25) is 0 Å². The molecule has 3 nitrogen and oxygen atoms in total. The molecule has 0 unspecified atom stereocenters. The van der Waals surface area contributed by atoms with Crippen molar-refractivity contribution in [2.24, 2.45) is 0 Å². The summed E-state index contributed by atoms with van der Waals surface area (Å²) in [5.41, 5.74) is 7.99. The molecule has 0 amide bonds. The highest BCUT2D eigenvalue weighted by atomic mass is 32.1. The molecule has 0 radical (unpaired) electrons. The lowest BCUT2D eigenvalue weighted by Crippen LogP contribution is -1.92. The van der Waals surface area contributed by atoms with Crippen molar-refractivity contribution >= 4 is 63.0 Å². The molecule has 0 atom stereocenters. The predicted molar refractivity (Wildman–Crippen MR) is 183 cm³/mol. The van der Waals surface area contributed by atoms with Gasteiger partial charge in [-0.25, -0.2) is 0 Å². The van der Waals surface area contributed by atoms with Crippen molar-refractivity contribution < 1.29 is 0 Å². The van der Waals surface area contributed by atoms with Crippen LogP contribution in [-0.2, 0) is 0 Å². The van der Waals surface area contributed by atoms with Crippen molar-refractivity contribution in [3.8, 4) is 51.6 Å². The molecule has 6 aromatic carbocycles. The summed E-state index contributed by atoms with van der Waals surface area (Å²) in [4.78, 5) is 0. The van der Waals surface area contributed by atoms with E-state index < -0.39 is 0 Å². The van der Waals surface area contributed by atoms with Gasteiger partial charge in [-0.2, -0.15) is 15.8 Å². The van der Waals surface area contributed by atoms with E-state index in [1.807, 2.05) is 60.7 Å². The minimum absolute atomic E-state index is 0.620. The van der Waals surface area contributed by atoms with E-state index in [9.17, 15) is 15.8 Å². The van der Waals surface area contributed by atoms with Gasteiger partial charge in [-0.05, 0) is 94.5 Å². The molecule has 0 aliphatic heterocycles. The topological polar surface area (TPSA) is 71.4 Å². The number of hydrogen-bond acceptors (Lipinski definition) is 5. The van der Waals surface area contributed by atoms with Gasteiger partial charge in [0.25, 0.3) is 0 Å². The van der Waals surface area contributed by atoms with Gasteiger partial charge < -0.3 is 0 Å². The summed E-state index contributed by atoms with van der Waals surface area (Å²) in [6, 6.07) is 45.9. The van der Waals surface area contributed by atoms with Crippen molar-refractivity contribution in [2.75, 3.05) is 0 Å². The minimum atomic E-state index is 0.620. The highest BCUT2D eigenvalue weighted by Crippen LogP contribution is 2.45. The lowest BCUT2D eigenvalue weighted by Gasteiger charge is -2.17. The van der Waals surface area contributed by atoms with Gasteiger partial charge in [-0.15, -0.1) is 22.7 Å². The fourth-order valence-corrected chi connectivity index (χ4v) is 8.29. The van der Waals surface area contributed by atoms with E-state index in [0.29, 0.717) is 16.7 Å². The monoisotopic (exact) mass is 593 g/mol. The van der Waals surface area contributed by atoms with E-state index >= 15 is 0 Å². The van der Waals surface area contributed by atoms with Crippen LogP contribution in [0.25, 0.3) is 73.7 Å². The lowest BCUT2D eigenvalue weighted by molar-refractivity contribution is 1.48. The Hall–Kier alpha value is -5.77. The maximum atomic E-state index is 10.1. The Kier molecular flexibility index (Phi) is 6.00. The predicted octanol–water partition coefficient (Wildman–Crippen LogP) is 11.0. The second kappa shape index (κ2) is 10.2. The van der Waals surface area contributed by atoms with Crippen molar-refractivity contribution in [1.82, 2.24) is 0 Å². The van der Waals surface area contributed by atoms with Crippen molar-refractivity contribution in [1.29, 1.82) is 15.8 Å². The molecule has 8 rings (SSSR count). The summed E-state index contributed by atoms with van der Waals surface area (Å²) in [5, 5.41) is 33.6. The molecule has 0 saturated heterocycles. The molecule has 0 N–H and O–H groups in total. The van der Waals surface area contributed by atoms with E-state index in [4.69, 9.17) is 0 Å². The summed E-state index contributed by atoms with van der Waals surface area (Å²) < 4.78 is 4.63. The number of hydrogen-bond donors (Lipinski definition) is 0. The van der Waals surface area contributed by atoms with Crippen LogP contribution < -0.4 is 0 Å². The van der Waals surface area contributed by atoms with Crippen LogP contribution in [0.15, 0.2) is 115 Å². The van der Waals surface area contributed by atoms with E-state index in [1.54, 1.807) is 22.7 Å². The van der Waals surface area contributed by atoms with Crippen LogP contribution in [0.4, 0.5) is 0 Å². The molecule has 0 aliphatic rings.